The molecule has 0 saturated heterocycles. The second-order valence-corrected chi connectivity index (χ2v) is 5.07. The van der Waals surface area contributed by atoms with Crippen molar-refractivity contribution in [2.24, 2.45) is 5.73 Å². The van der Waals surface area contributed by atoms with E-state index in [1.54, 1.807) is 6.07 Å². The number of phenolic OH excluding ortho intramolecular Hbond substituents is 2. The number of quaternary nitrogens is 1. The van der Waals surface area contributed by atoms with Gasteiger partial charge in [0.1, 0.15) is 0 Å². The molecule has 0 aliphatic carbocycles. The van der Waals surface area contributed by atoms with Crippen LogP contribution in [0.2, 0.25) is 0 Å². The summed E-state index contributed by atoms with van der Waals surface area (Å²) in [4.78, 5) is 0. The molecule has 0 aliphatic rings. The smallest absolute Gasteiger partial charge is 0.157 e. The SMILES string of the molecule is C[N+](C)(C#P=O)CCO.NCCc1ccc(O)c(O)c1. The van der Waals surface area contributed by atoms with Crippen molar-refractivity contribution in [3.8, 4) is 17.2 Å². The molecule has 0 heterocycles. The van der Waals surface area contributed by atoms with E-state index in [1.807, 2.05) is 14.1 Å². The molecule has 1 aromatic carbocycles. The first kappa shape index (κ1) is 18.7. The molecule has 0 saturated carbocycles. The number of nitrogens with two attached hydrogens (primary N) is 1. The van der Waals surface area contributed by atoms with Gasteiger partial charge in [0.2, 0.25) is 0 Å². The first-order valence-electron chi connectivity index (χ1n) is 6.10. The van der Waals surface area contributed by atoms with Gasteiger partial charge in [-0.3, -0.25) is 0 Å². The average molecular weight is 301 g/mol. The molecule has 5 N–H and O–H groups in total. The third kappa shape index (κ3) is 8.00. The van der Waals surface area contributed by atoms with E-state index < -0.39 is 0 Å². The Bertz CT molecular complexity index is 514. The minimum Gasteiger partial charge on any atom is -0.504 e. The molecule has 1 aromatic rings. The van der Waals surface area contributed by atoms with Gasteiger partial charge in [-0.05, 0) is 30.7 Å². The number of hydrogen-bond acceptors (Lipinski definition) is 5. The second kappa shape index (κ2) is 9.59. The molecule has 112 valence electrons. The zero-order valence-corrected chi connectivity index (χ0v) is 12.7. The Morgan fingerprint density at radius 3 is 2.40 bits per heavy atom. The minimum absolute atomic E-state index is 0.0871. The van der Waals surface area contributed by atoms with Gasteiger partial charge in [-0.1, -0.05) is 6.07 Å². The zero-order valence-electron chi connectivity index (χ0n) is 11.8. The molecule has 0 amide bonds. The van der Waals surface area contributed by atoms with E-state index in [9.17, 15) is 4.57 Å². The number of likely N-dealkylation sites (N-methyl/N-ethyl adjacent to an activating group) is 1. The summed E-state index contributed by atoms with van der Waals surface area (Å²) >= 11 is 0. The number of aliphatic hydroxyl groups excluding tert-OH is 1. The Hall–Kier alpha value is -1.29. The summed E-state index contributed by atoms with van der Waals surface area (Å²) in [6, 6.07) is 4.71. The maximum Gasteiger partial charge on any atom is 0.157 e. The fraction of sp³-hybridized carbons (Fsp3) is 0.462. The van der Waals surface area contributed by atoms with Gasteiger partial charge in [0, 0.05) is 0 Å². The molecule has 0 aliphatic heterocycles. The van der Waals surface area contributed by atoms with Crippen LogP contribution in [0.25, 0.3) is 0 Å². The molecular weight excluding hydrogens is 279 g/mol. The number of aromatic hydroxyl groups is 2. The third-order valence-electron chi connectivity index (χ3n) is 2.44. The van der Waals surface area contributed by atoms with E-state index >= 15 is 0 Å². The van der Waals surface area contributed by atoms with E-state index in [2.05, 4.69) is 5.75 Å². The van der Waals surface area contributed by atoms with Gasteiger partial charge < -0.3 is 15.9 Å². The monoisotopic (exact) mass is 301 g/mol. The summed E-state index contributed by atoms with van der Waals surface area (Å²) in [6.07, 6.45) is 0.716. The van der Waals surface area contributed by atoms with Gasteiger partial charge in [-0.15, -0.1) is 0 Å². The first-order valence-corrected chi connectivity index (χ1v) is 6.92. The van der Waals surface area contributed by atoms with Gasteiger partial charge in [-0.25, -0.2) is 0 Å². The van der Waals surface area contributed by atoms with E-state index in [4.69, 9.17) is 21.1 Å². The van der Waals surface area contributed by atoms with Crippen LogP contribution in [0.1, 0.15) is 5.56 Å². The molecule has 0 spiro atoms. The van der Waals surface area contributed by atoms with Crippen molar-refractivity contribution in [3.05, 3.63) is 23.8 Å². The maximum atomic E-state index is 9.98. The fourth-order valence-corrected chi connectivity index (χ4v) is 1.62. The first-order chi connectivity index (χ1) is 9.36. The van der Waals surface area contributed by atoms with Crippen molar-refractivity contribution in [3.63, 3.8) is 0 Å². The van der Waals surface area contributed by atoms with Gasteiger partial charge in [0.25, 0.3) is 0 Å². The van der Waals surface area contributed by atoms with Crippen LogP contribution in [0.5, 0.6) is 11.5 Å². The number of aliphatic hydroxyl groups is 1. The Morgan fingerprint density at radius 1 is 1.30 bits per heavy atom. The predicted molar refractivity (Wildman–Crippen MR) is 78.1 cm³/mol. The van der Waals surface area contributed by atoms with Crippen LogP contribution in [0.4, 0.5) is 0 Å². The van der Waals surface area contributed by atoms with Crippen LogP contribution in [0.3, 0.4) is 0 Å². The Morgan fingerprint density at radius 2 is 1.95 bits per heavy atom. The van der Waals surface area contributed by atoms with E-state index in [0.29, 0.717) is 24.0 Å². The van der Waals surface area contributed by atoms with Crippen molar-refractivity contribution < 1.29 is 24.4 Å². The molecule has 0 unspecified atom stereocenters. The number of benzene rings is 1. The normalized spacial score (nSPS) is 10.2. The summed E-state index contributed by atoms with van der Waals surface area (Å²) < 4.78 is 10.3. The van der Waals surface area contributed by atoms with Crippen molar-refractivity contribution in [1.29, 1.82) is 0 Å². The molecule has 6 nitrogen and oxygen atoms in total. The molecule has 0 atom stereocenters. The molecule has 0 bridgehead atoms. The minimum atomic E-state index is -0.105. The molecule has 0 fully saturated rings. The van der Waals surface area contributed by atoms with Gasteiger partial charge in [0.05, 0.1) is 0 Å². The van der Waals surface area contributed by atoms with E-state index in [1.165, 1.54) is 12.1 Å². The number of phenols is 2. The Balaban J connectivity index is 0.000000370. The third-order valence-corrected chi connectivity index (χ3v) is 3.07. The van der Waals surface area contributed by atoms with Crippen molar-refractivity contribution >= 4 is 7.92 Å². The fourth-order valence-electron chi connectivity index (χ4n) is 1.30. The largest absolute Gasteiger partial charge is 0.504 e. The summed E-state index contributed by atoms with van der Waals surface area (Å²) in [5, 5.41) is 26.4. The number of hydrogen-bond donors (Lipinski definition) is 4. The predicted octanol–water partition coefficient (Wildman–Crippen LogP) is 0.862. The summed E-state index contributed by atoms with van der Waals surface area (Å²) in [6.45, 7) is 1.19. The van der Waals surface area contributed by atoms with E-state index in [-0.39, 0.29) is 26.0 Å². The average Bonchev–Trinajstić information content (AvgIpc) is 2.35. The summed E-state index contributed by atoms with van der Waals surface area (Å²) in [5.41, 5.74) is 6.24. The van der Waals surface area contributed by atoms with Crippen molar-refractivity contribution in [1.82, 2.24) is 0 Å². The second-order valence-electron chi connectivity index (χ2n) is 4.69. The van der Waals surface area contributed by atoms with Crippen LogP contribution >= 0.6 is 7.92 Å². The molecule has 20 heavy (non-hydrogen) atoms. The van der Waals surface area contributed by atoms with Crippen LogP contribution < -0.4 is 5.73 Å². The van der Waals surface area contributed by atoms with Gasteiger partial charge >= 0.3 is 55.1 Å². The molecule has 0 radical (unpaired) electrons. The molecule has 0 aromatic heterocycles. The van der Waals surface area contributed by atoms with Crippen LogP contribution in [-0.2, 0) is 11.0 Å². The molecule has 7 heteroatoms. The summed E-state index contributed by atoms with van der Waals surface area (Å²) in [7, 11) is 3.54. The van der Waals surface area contributed by atoms with Crippen molar-refractivity contribution in [2.75, 3.05) is 33.8 Å². The van der Waals surface area contributed by atoms with Crippen LogP contribution in [0, 0.1) is 5.75 Å². The maximum absolute atomic E-state index is 9.98. The molecule has 1 rings (SSSR count). The quantitative estimate of drug-likeness (QED) is 0.375. The topological polar surface area (TPSA) is 104 Å². The Labute approximate surface area is 120 Å². The van der Waals surface area contributed by atoms with Gasteiger partial charge in [-0.2, -0.15) is 0 Å². The summed E-state index contributed by atoms with van der Waals surface area (Å²) in [5.74, 6) is 2.44. The number of rotatable bonds is 4. The molecular formula is C13H22N2O4P+. The Kier molecular flexibility index (Phi) is 8.97. The number of nitrogens with zero attached hydrogens (tertiary/aromatic N) is 1. The van der Waals surface area contributed by atoms with Gasteiger partial charge in [0.15, 0.2) is 11.5 Å². The van der Waals surface area contributed by atoms with Crippen molar-refractivity contribution in [2.45, 2.75) is 6.42 Å². The van der Waals surface area contributed by atoms with E-state index in [0.717, 1.165) is 5.56 Å². The standard InChI is InChI=1S/C8H11NO2.C5H11NO2P/c9-4-3-6-1-2-7(10)8(11)5-6;1-6(2,3-4-7)5-9-8/h1-2,5,10-11H,3-4,9H2;7H,3-4H2,1-2H3/q;+1. The zero-order chi connectivity index (χ0) is 15.6. The van der Waals surface area contributed by atoms with Crippen LogP contribution in [-0.4, -0.2) is 53.6 Å². The van der Waals surface area contributed by atoms with Crippen LogP contribution in [0.15, 0.2) is 18.2 Å².